The van der Waals surface area contributed by atoms with Gasteiger partial charge in [-0.1, -0.05) is 29.8 Å². The fourth-order valence-electron chi connectivity index (χ4n) is 2.48. The minimum atomic E-state index is -1.31. The highest BCUT2D eigenvalue weighted by atomic mass is 35.5. The van der Waals surface area contributed by atoms with Gasteiger partial charge < -0.3 is 10.1 Å². The van der Waals surface area contributed by atoms with Crippen LogP contribution in [0.2, 0.25) is 5.02 Å². The summed E-state index contributed by atoms with van der Waals surface area (Å²) in [7, 11) is -1.31. The Hall–Kier alpha value is -3.10. The Kier molecular flexibility index (Phi) is 5.14. The number of rotatable bonds is 5. The lowest BCUT2D eigenvalue weighted by Crippen LogP contribution is -2.02. The third-order valence-electron chi connectivity index (χ3n) is 3.78. The zero-order valence-corrected chi connectivity index (χ0v) is 16.2. The number of fused-ring (bicyclic) bond motifs is 1. The van der Waals surface area contributed by atoms with Gasteiger partial charge in [-0.2, -0.15) is 0 Å². The molecule has 140 valence electrons. The molecule has 0 radical (unpaired) electrons. The van der Waals surface area contributed by atoms with Gasteiger partial charge in [-0.3, -0.25) is 4.21 Å². The van der Waals surface area contributed by atoms with Crippen LogP contribution in [-0.2, 0) is 10.8 Å². The number of aromatic nitrogens is 4. The first-order valence-electron chi connectivity index (χ1n) is 8.21. The van der Waals surface area contributed by atoms with E-state index in [-0.39, 0.29) is 5.16 Å². The molecule has 0 saturated heterocycles. The van der Waals surface area contributed by atoms with E-state index >= 15 is 0 Å². The molecule has 0 bridgehead atoms. The van der Waals surface area contributed by atoms with E-state index in [4.69, 9.17) is 16.3 Å². The fourth-order valence-corrected chi connectivity index (χ4v) is 3.12. The highest BCUT2D eigenvalue weighted by molar-refractivity contribution is 7.84. The molecule has 0 spiro atoms. The summed E-state index contributed by atoms with van der Waals surface area (Å²) >= 11 is 6.37. The van der Waals surface area contributed by atoms with Gasteiger partial charge in [0.05, 0.1) is 22.0 Å². The molecule has 7 nitrogen and oxygen atoms in total. The summed E-state index contributed by atoms with van der Waals surface area (Å²) in [4.78, 5) is 16.7. The Morgan fingerprint density at radius 2 is 1.89 bits per heavy atom. The van der Waals surface area contributed by atoms with Crippen LogP contribution >= 0.6 is 11.6 Å². The quantitative estimate of drug-likeness (QED) is 0.488. The maximum absolute atomic E-state index is 11.7. The molecule has 2 aromatic carbocycles. The Balaban J connectivity index is 1.63. The summed E-state index contributed by atoms with van der Waals surface area (Å²) in [6.07, 6.45) is 4.45. The average Bonchev–Trinajstić information content (AvgIpc) is 2.71. The molecule has 0 saturated carbocycles. The smallest absolute Gasteiger partial charge is 0.218 e. The normalized spacial score (nSPS) is 11.9. The van der Waals surface area contributed by atoms with Crippen molar-refractivity contribution in [1.29, 1.82) is 0 Å². The number of nitrogens with one attached hydrogen (secondary N) is 1. The zero-order chi connectivity index (χ0) is 19.5. The van der Waals surface area contributed by atoms with Crippen molar-refractivity contribution in [2.75, 3.05) is 11.6 Å². The fraction of sp³-hybridized carbons (Fsp3) is 0.0526. The molecule has 0 fully saturated rings. The number of anilines is 2. The number of hydrogen-bond acceptors (Lipinski definition) is 7. The van der Waals surface area contributed by atoms with Crippen LogP contribution in [0.4, 0.5) is 11.5 Å². The van der Waals surface area contributed by atoms with Gasteiger partial charge >= 0.3 is 0 Å². The maximum atomic E-state index is 11.7. The van der Waals surface area contributed by atoms with Gasteiger partial charge in [-0.05, 0) is 30.3 Å². The van der Waals surface area contributed by atoms with Crippen LogP contribution in [0.25, 0.3) is 11.0 Å². The van der Waals surface area contributed by atoms with E-state index in [1.807, 2.05) is 36.4 Å². The first-order chi connectivity index (χ1) is 13.6. The topological polar surface area (TPSA) is 89.9 Å². The molecule has 4 rings (SSSR count). The van der Waals surface area contributed by atoms with Crippen LogP contribution in [-0.4, -0.2) is 30.4 Å². The third-order valence-corrected chi connectivity index (χ3v) is 4.78. The predicted octanol–water partition coefficient (Wildman–Crippen LogP) is 4.35. The summed E-state index contributed by atoms with van der Waals surface area (Å²) < 4.78 is 17.5. The van der Waals surface area contributed by atoms with Crippen molar-refractivity contribution in [3.63, 3.8) is 0 Å². The van der Waals surface area contributed by atoms with Gasteiger partial charge in [-0.25, -0.2) is 19.9 Å². The molecule has 1 atom stereocenters. The molecule has 1 N–H and O–H groups in total. The van der Waals surface area contributed by atoms with Gasteiger partial charge in [0.25, 0.3) is 0 Å². The SMILES string of the molecule is CS(=O)c1ncc2ncnc(Nc3ccc(Oc4ccccc4)c(Cl)c3)c2n1. The van der Waals surface area contributed by atoms with Gasteiger partial charge in [0.15, 0.2) is 5.82 Å². The van der Waals surface area contributed by atoms with Crippen LogP contribution in [0.5, 0.6) is 11.5 Å². The molecular formula is C19H14ClN5O2S. The second-order valence-corrected chi connectivity index (χ2v) is 7.43. The molecule has 0 aliphatic heterocycles. The number of benzene rings is 2. The first-order valence-corrected chi connectivity index (χ1v) is 10.1. The summed E-state index contributed by atoms with van der Waals surface area (Å²) in [5, 5.41) is 3.82. The predicted molar refractivity (Wildman–Crippen MR) is 109 cm³/mol. The summed E-state index contributed by atoms with van der Waals surface area (Å²) in [6, 6.07) is 14.7. The van der Waals surface area contributed by atoms with Gasteiger partial charge in [0.1, 0.15) is 28.9 Å². The molecule has 9 heteroatoms. The molecule has 0 amide bonds. The average molecular weight is 412 g/mol. The van der Waals surface area contributed by atoms with Crippen molar-refractivity contribution in [3.05, 3.63) is 66.1 Å². The van der Waals surface area contributed by atoms with E-state index in [9.17, 15) is 4.21 Å². The lowest BCUT2D eigenvalue weighted by Gasteiger charge is -2.11. The van der Waals surface area contributed by atoms with Crippen LogP contribution in [0.15, 0.2) is 66.2 Å². The summed E-state index contributed by atoms with van der Waals surface area (Å²) in [5.41, 5.74) is 1.72. The summed E-state index contributed by atoms with van der Waals surface area (Å²) in [6.45, 7) is 0. The van der Waals surface area contributed by atoms with Crippen LogP contribution < -0.4 is 10.1 Å². The van der Waals surface area contributed by atoms with Crippen LogP contribution in [0.3, 0.4) is 0 Å². The van der Waals surface area contributed by atoms with Crippen molar-refractivity contribution >= 4 is 44.9 Å². The molecule has 2 heterocycles. The monoisotopic (exact) mass is 411 g/mol. The minimum absolute atomic E-state index is 0.218. The van der Waals surface area contributed by atoms with Crippen molar-refractivity contribution in [1.82, 2.24) is 19.9 Å². The second-order valence-electron chi connectivity index (χ2n) is 5.75. The molecule has 1 unspecified atom stereocenters. The molecule has 0 aliphatic carbocycles. The Morgan fingerprint density at radius 1 is 1.07 bits per heavy atom. The van der Waals surface area contributed by atoms with E-state index in [1.54, 1.807) is 12.1 Å². The van der Waals surface area contributed by atoms with Crippen LogP contribution in [0.1, 0.15) is 0 Å². The third kappa shape index (κ3) is 3.92. The first kappa shape index (κ1) is 18.3. The molecule has 28 heavy (non-hydrogen) atoms. The standard InChI is InChI=1S/C19H14ClN5O2S/c1-28(26)19-21-10-15-17(25-19)18(23-11-22-15)24-12-7-8-16(14(20)9-12)27-13-5-3-2-4-6-13/h2-11H,1H3,(H,22,23,24). The Bertz CT molecular complexity index is 1170. The number of halogens is 1. The van der Waals surface area contributed by atoms with E-state index in [0.717, 1.165) is 0 Å². The number of ether oxygens (including phenoxy) is 1. The lowest BCUT2D eigenvalue weighted by molar-refractivity contribution is 0.483. The molecule has 4 aromatic rings. The lowest BCUT2D eigenvalue weighted by atomic mass is 10.3. The van der Waals surface area contributed by atoms with Gasteiger partial charge in [-0.15, -0.1) is 0 Å². The van der Waals surface area contributed by atoms with Crippen molar-refractivity contribution in [2.45, 2.75) is 5.16 Å². The Labute approximate surface area is 168 Å². The second kappa shape index (κ2) is 7.87. The number of nitrogens with zero attached hydrogens (tertiary/aromatic N) is 4. The van der Waals surface area contributed by atoms with Crippen LogP contribution in [0, 0.1) is 0 Å². The number of hydrogen-bond donors (Lipinski definition) is 1. The van der Waals surface area contributed by atoms with Crippen molar-refractivity contribution in [3.8, 4) is 11.5 Å². The molecular weight excluding hydrogens is 398 g/mol. The van der Waals surface area contributed by atoms with Crippen molar-refractivity contribution in [2.24, 2.45) is 0 Å². The highest BCUT2D eigenvalue weighted by Crippen LogP contribution is 2.33. The highest BCUT2D eigenvalue weighted by Gasteiger charge is 2.11. The molecule has 2 aromatic heterocycles. The Morgan fingerprint density at radius 3 is 2.64 bits per heavy atom. The largest absolute Gasteiger partial charge is 0.456 e. The van der Waals surface area contributed by atoms with Crippen molar-refractivity contribution < 1.29 is 8.95 Å². The van der Waals surface area contributed by atoms with E-state index in [2.05, 4.69) is 25.3 Å². The van der Waals surface area contributed by atoms with E-state index in [1.165, 1.54) is 18.8 Å². The zero-order valence-electron chi connectivity index (χ0n) is 14.7. The minimum Gasteiger partial charge on any atom is -0.456 e. The number of para-hydroxylation sites is 1. The maximum Gasteiger partial charge on any atom is 0.218 e. The molecule has 0 aliphatic rings. The summed E-state index contributed by atoms with van der Waals surface area (Å²) in [5.74, 6) is 1.70. The van der Waals surface area contributed by atoms with E-state index < -0.39 is 10.8 Å². The van der Waals surface area contributed by atoms with Gasteiger partial charge in [0.2, 0.25) is 5.16 Å². The van der Waals surface area contributed by atoms with E-state index in [0.29, 0.717) is 39.1 Å². The van der Waals surface area contributed by atoms with Gasteiger partial charge in [0, 0.05) is 11.9 Å².